The summed E-state index contributed by atoms with van der Waals surface area (Å²) in [5.74, 6) is 1.16. The molecule has 0 unspecified atom stereocenters. The van der Waals surface area contributed by atoms with Crippen LogP contribution >= 0.6 is 0 Å². The molecule has 5 nitrogen and oxygen atoms in total. The lowest BCUT2D eigenvalue weighted by molar-refractivity contribution is -0.132. The van der Waals surface area contributed by atoms with Crippen LogP contribution in [0.3, 0.4) is 0 Å². The van der Waals surface area contributed by atoms with Gasteiger partial charge in [-0.3, -0.25) is 4.79 Å². The molecule has 0 fully saturated rings. The van der Waals surface area contributed by atoms with Crippen LogP contribution in [-0.2, 0) is 17.9 Å². The second-order valence-corrected chi connectivity index (χ2v) is 3.74. The molecule has 0 bridgehead atoms. The zero-order valence-electron chi connectivity index (χ0n) is 8.72. The van der Waals surface area contributed by atoms with E-state index in [4.69, 9.17) is 5.73 Å². The van der Waals surface area contributed by atoms with E-state index in [2.05, 4.69) is 9.55 Å². The maximum atomic E-state index is 11.7. The minimum absolute atomic E-state index is 0.190. The number of nitrogens with zero attached hydrogens (tertiary/aromatic N) is 3. The van der Waals surface area contributed by atoms with Gasteiger partial charge in [0.25, 0.3) is 0 Å². The molecule has 82 valence electrons. The van der Waals surface area contributed by atoms with Gasteiger partial charge < -0.3 is 15.2 Å². The van der Waals surface area contributed by atoms with Crippen molar-refractivity contribution < 1.29 is 4.79 Å². The van der Waals surface area contributed by atoms with Crippen LogP contribution in [0, 0.1) is 0 Å². The number of hydrogen-bond acceptors (Lipinski definition) is 3. The van der Waals surface area contributed by atoms with E-state index in [-0.39, 0.29) is 5.91 Å². The highest BCUT2D eigenvalue weighted by molar-refractivity contribution is 5.76. The molecule has 2 rings (SSSR count). The first-order valence-corrected chi connectivity index (χ1v) is 5.29. The molecule has 0 spiro atoms. The highest BCUT2D eigenvalue weighted by Gasteiger charge is 2.20. The molecule has 0 aliphatic carbocycles. The lowest BCUT2D eigenvalue weighted by atomic mass is 10.2. The maximum absolute atomic E-state index is 11.7. The van der Waals surface area contributed by atoms with Crippen molar-refractivity contribution in [1.82, 2.24) is 14.5 Å². The number of rotatable bonds is 3. The summed E-state index contributed by atoms with van der Waals surface area (Å²) in [6, 6.07) is 0. The highest BCUT2D eigenvalue weighted by Crippen LogP contribution is 2.11. The maximum Gasteiger partial charge on any atom is 0.223 e. The predicted octanol–water partition coefficient (Wildman–Crippen LogP) is -0.0358. The van der Waals surface area contributed by atoms with Gasteiger partial charge in [0.05, 0.1) is 6.54 Å². The third-order valence-corrected chi connectivity index (χ3v) is 2.69. The average molecular weight is 208 g/mol. The zero-order valence-corrected chi connectivity index (χ0v) is 8.72. The molecule has 15 heavy (non-hydrogen) atoms. The summed E-state index contributed by atoms with van der Waals surface area (Å²) in [4.78, 5) is 17.8. The summed E-state index contributed by atoms with van der Waals surface area (Å²) in [5, 5.41) is 0. The molecule has 0 radical (unpaired) electrons. The SMILES string of the molecule is NCCCC(=O)N1CCn2ccnc2C1. The van der Waals surface area contributed by atoms with Gasteiger partial charge in [0, 0.05) is 31.9 Å². The zero-order chi connectivity index (χ0) is 10.7. The van der Waals surface area contributed by atoms with Crippen LogP contribution in [-0.4, -0.2) is 33.4 Å². The third-order valence-electron chi connectivity index (χ3n) is 2.69. The number of hydrogen-bond donors (Lipinski definition) is 1. The fraction of sp³-hybridized carbons (Fsp3) is 0.600. The van der Waals surface area contributed by atoms with Gasteiger partial charge in [-0.1, -0.05) is 0 Å². The number of nitrogens with two attached hydrogens (primary N) is 1. The molecule has 1 amide bonds. The monoisotopic (exact) mass is 208 g/mol. The van der Waals surface area contributed by atoms with Crippen LogP contribution in [0.2, 0.25) is 0 Å². The smallest absolute Gasteiger partial charge is 0.223 e. The first-order chi connectivity index (χ1) is 7.31. The number of imidazole rings is 1. The van der Waals surface area contributed by atoms with Crippen molar-refractivity contribution in [2.45, 2.75) is 25.9 Å². The molecule has 0 aromatic carbocycles. The van der Waals surface area contributed by atoms with Gasteiger partial charge >= 0.3 is 0 Å². The van der Waals surface area contributed by atoms with Crippen molar-refractivity contribution in [1.29, 1.82) is 0 Å². The number of aromatic nitrogens is 2. The second-order valence-electron chi connectivity index (χ2n) is 3.74. The third kappa shape index (κ3) is 2.18. The number of carbonyl (C=O) groups is 1. The van der Waals surface area contributed by atoms with Gasteiger partial charge in [-0.05, 0) is 13.0 Å². The van der Waals surface area contributed by atoms with E-state index in [9.17, 15) is 4.79 Å². The summed E-state index contributed by atoms with van der Waals surface area (Å²) < 4.78 is 2.09. The minimum atomic E-state index is 0.190. The number of amides is 1. The molecule has 1 aromatic rings. The molecule has 2 heterocycles. The van der Waals surface area contributed by atoms with Crippen molar-refractivity contribution in [3.8, 4) is 0 Å². The van der Waals surface area contributed by atoms with Gasteiger partial charge in [-0.15, -0.1) is 0 Å². The average Bonchev–Trinajstić information content (AvgIpc) is 2.72. The Morgan fingerprint density at radius 3 is 3.20 bits per heavy atom. The van der Waals surface area contributed by atoms with Crippen molar-refractivity contribution in [2.24, 2.45) is 5.73 Å². The minimum Gasteiger partial charge on any atom is -0.333 e. The Kier molecular flexibility index (Phi) is 3.01. The lowest BCUT2D eigenvalue weighted by Gasteiger charge is -2.27. The lowest BCUT2D eigenvalue weighted by Crippen LogP contribution is -2.38. The molecule has 0 atom stereocenters. The van der Waals surface area contributed by atoms with Gasteiger partial charge in [-0.25, -0.2) is 4.98 Å². The molecule has 2 N–H and O–H groups in total. The molecular formula is C10H16N4O. The van der Waals surface area contributed by atoms with Gasteiger partial charge in [0.1, 0.15) is 5.82 Å². The quantitative estimate of drug-likeness (QED) is 0.758. The molecule has 1 aromatic heterocycles. The number of carbonyl (C=O) groups excluding carboxylic acids is 1. The van der Waals surface area contributed by atoms with Gasteiger partial charge in [-0.2, -0.15) is 0 Å². The van der Waals surface area contributed by atoms with Crippen molar-refractivity contribution >= 4 is 5.91 Å². The Morgan fingerprint density at radius 1 is 1.53 bits per heavy atom. The van der Waals surface area contributed by atoms with Crippen molar-refractivity contribution in [3.05, 3.63) is 18.2 Å². The largest absolute Gasteiger partial charge is 0.333 e. The predicted molar refractivity (Wildman–Crippen MR) is 55.9 cm³/mol. The molecule has 1 aliphatic rings. The van der Waals surface area contributed by atoms with Crippen LogP contribution in [0.15, 0.2) is 12.4 Å². The first-order valence-electron chi connectivity index (χ1n) is 5.29. The van der Waals surface area contributed by atoms with E-state index in [1.54, 1.807) is 6.20 Å². The van der Waals surface area contributed by atoms with E-state index in [0.29, 0.717) is 19.5 Å². The fourth-order valence-corrected chi connectivity index (χ4v) is 1.80. The Balaban J connectivity index is 1.94. The molecule has 5 heteroatoms. The standard InChI is InChI=1S/C10H16N4O/c11-3-1-2-10(15)14-7-6-13-5-4-12-9(13)8-14/h4-5H,1-3,6-8,11H2. The Bertz CT molecular complexity index is 347. The molecular weight excluding hydrogens is 192 g/mol. The van der Waals surface area contributed by atoms with Crippen molar-refractivity contribution in [3.63, 3.8) is 0 Å². The van der Waals surface area contributed by atoms with Gasteiger partial charge in [0.15, 0.2) is 0 Å². The van der Waals surface area contributed by atoms with Crippen molar-refractivity contribution in [2.75, 3.05) is 13.1 Å². The molecule has 0 saturated heterocycles. The van der Waals surface area contributed by atoms with E-state index < -0.39 is 0 Å². The normalized spacial score (nSPS) is 15.1. The van der Waals surface area contributed by atoms with E-state index in [1.165, 1.54) is 0 Å². The Hall–Kier alpha value is -1.36. The second kappa shape index (κ2) is 4.44. The Morgan fingerprint density at radius 2 is 2.40 bits per heavy atom. The van der Waals surface area contributed by atoms with E-state index in [1.807, 2.05) is 11.1 Å². The van der Waals surface area contributed by atoms with Crippen LogP contribution in [0.4, 0.5) is 0 Å². The summed E-state index contributed by atoms with van der Waals surface area (Å²) in [5.41, 5.74) is 5.38. The fourth-order valence-electron chi connectivity index (χ4n) is 1.80. The summed E-state index contributed by atoms with van der Waals surface area (Å²) in [6.07, 6.45) is 5.06. The first kappa shape index (κ1) is 10.2. The molecule has 0 saturated carbocycles. The van der Waals surface area contributed by atoms with Crippen LogP contribution in [0.5, 0.6) is 0 Å². The highest BCUT2D eigenvalue weighted by atomic mass is 16.2. The topological polar surface area (TPSA) is 64.2 Å². The van der Waals surface area contributed by atoms with E-state index >= 15 is 0 Å². The van der Waals surface area contributed by atoms with Crippen LogP contribution in [0.1, 0.15) is 18.7 Å². The van der Waals surface area contributed by atoms with Crippen LogP contribution in [0.25, 0.3) is 0 Å². The Labute approximate surface area is 88.9 Å². The van der Waals surface area contributed by atoms with E-state index in [0.717, 1.165) is 25.3 Å². The summed E-state index contributed by atoms with van der Waals surface area (Å²) in [6.45, 7) is 2.85. The van der Waals surface area contributed by atoms with Gasteiger partial charge in [0.2, 0.25) is 5.91 Å². The number of fused-ring (bicyclic) bond motifs is 1. The molecule has 1 aliphatic heterocycles. The van der Waals surface area contributed by atoms with Crippen LogP contribution < -0.4 is 5.73 Å². The summed E-state index contributed by atoms with van der Waals surface area (Å²) >= 11 is 0. The summed E-state index contributed by atoms with van der Waals surface area (Å²) in [7, 11) is 0.